The van der Waals surface area contributed by atoms with Gasteiger partial charge in [-0.25, -0.2) is 8.42 Å². The van der Waals surface area contributed by atoms with E-state index in [1.165, 1.54) is 39.9 Å². The molecule has 1 N–H and O–H groups in total. The predicted molar refractivity (Wildman–Crippen MR) is 71.1 cm³/mol. The third-order valence-electron chi connectivity index (χ3n) is 2.53. The molecule has 2 rings (SSSR count). The number of sulfonamides is 1. The average Bonchev–Trinajstić information content (AvgIpc) is 2.82. The van der Waals surface area contributed by atoms with E-state index < -0.39 is 10.0 Å². The van der Waals surface area contributed by atoms with Crippen molar-refractivity contribution in [2.24, 2.45) is 0 Å². The van der Waals surface area contributed by atoms with Crippen LogP contribution in [0.3, 0.4) is 0 Å². The molecule has 96 valence electrons. The van der Waals surface area contributed by atoms with Gasteiger partial charge in [0.25, 0.3) is 0 Å². The lowest BCUT2D eigenvalue weighted by molar-refractivity contribution is 0.465. The Balaban J connectivity index is 2.22. The number of thiophene rings is 1. The number of phenols is 1. The van der Waals surface area contributed by atoms with Gasteiger partial charge in [-0.05, 0) is 46.7 Å². The van der Waals surface area contributed by atoms with Crippen LogP contribution < -0.4 is 0 Å². The van der Waals surface area contributed by atoms with Gasteiger partial charge in [0, 0.05) is 13.6 Å². The summed E-state index contributed by atoms with van der Waals surface area (Å²) in [5, 5.41) is 13.0. The van der Waals surface area contributed by atoms with Gasteiger partial charge in [-0.2, -0.15) is 15.6 Å². The summed E-state index contributed by atoms with van der Waals surface area (Å²) in [4.78, 5) is 0.179. The maximum absolute atomic E-state index is 12.2. The minimum Gasteiger partial charge on any atom is -0.508 e. The molecule has 0 aliphatic rings. The van der Waals surface area contributed by atoms with Crippen LogP contribution in [0.5, 0.6) is 5.75 Å². The molecule has 6 heteroatoms. The molecule has 0 atom stereocenters. The van der Waals surface area contributed by atoms with Crippen LogP contribution in [0.4, 0.5) is 0 Å². The molecule has 1 aromatic carbocycles. The summed E-state index contributed by atoms with van der Waals surface area (Å²) in [7, 11) is -1.96. The molecule has 0 fully saturated rings. The third-order valence-corrected chi connectivity index (χ3v) is 5.08. The minimum absolute atomic E-state index is 0.0504. The third kappa shape index (κ3) is 2.72. The molecule has 1 aromatic heterocycles. The second kappa shape index (κ2) is 5.09. The molecule has 0 spiro atoms. The van der Waals surface area contributed by atoms with Crippen LogP contribution >= 0.6 is 11.3 Å². The van der Waals surface area contributed by atoms with E-state index in [9.17, 15) is 8.42 Å². The summed E-state index contributed by atoms with van der Waals surface area (Å²) in [5.74, 6) is 0.0504. The first kappa shape index (κ1) is 13.1. The molecule has 0 aliphatic heterocycles. The van der Waals surface area contributed by atoms with Gasteiger partial charge in [0.1, 0.15) is 5.75 Å². The molecule has 4 nitrogen and oxygen atoms in total. The fourth-order valence-electron chi connectivity index (χ4n) is 1.52. The van der Waals surface area contributed by atoms with E-state index in [1.807, 2.05) is 16.8 Å². The van der Waals surface area contributed by atoms with Crippen molar-refractivity contribution in [1.29, 1.82) is 0 Å². The van der Waals surface area contributed by atoms with Crippen molar-refractivity contribution in [3.63, 3.8) is 0 Å². The second-order valence-electron chi connectivity index (χ2n) is 3.89. The molecule has 0 amide bonds. The number of rotatable bonds is 4. The van der Waals surface area contributed by atoms with Gasteiger partial charge in [-0.3, -0.25) is 0 Å². The number of hydrogen-bond donors (Lipinski definition) is 1. The highest BCUT2D eigenvalue weighted by Gasteiger charge is 2.20. The van der Waals surface area contributed by atoms with Gasteiger partial charge in [0.05, 0.1) is 4.90 Å². The largest absolute Gasteiger partial charge is 0.508 e. The Labute approximate surface area is 110 Å². The Morgan fingerprint density at radius 3 is 2.44 bits per heavy atom. The van der Waals surface area contributed by atoms with Crippen molar-refractivity contribution in [3.05, 3.63) is 46.7 Å². The van der Waals surface area contributed by atoms with Gasteiger partial charge in [-0.15, -0.1) is 0 Å². The number of hydrogen-bond acceptors (Lipinski definition) is 4. The molecule has 0 radical (unpaired) electrons. The first-order chi connectivity index (χ1) is 8.50. The number of benzene rings is 1. The standard InChI is InChI=1S/C12H13NO3S2/c1-13(8-10-6-7-17-9-10)18(15,16)12-4-2-11(14)3-5-12/h2-7,9,14H,8H2,1H3. The van der Waals surface area contributed by atoms with Gasteiger partial charge in [0.2, 0.25) is 10.0 Å². The van der Waals surface area contributed by atoms with Crippen LogP contribution in [0.25, 0.3) is 0 Å². The molecule has 0 bridgehead atoms. The maximum atomic E-state index is 12.2. The smallest absolute Gasteiger partial charge is 0.243 e. The van der Waals surface area contributed by atoms with E-state index in [0.717, 1.165) is 5.56 Å². The Kier molecular flexibility index (Phi) is 3.70. The van der Waals surface area contributed by atoms with E-state index in [2.05, 4.69) is 0 Å². The van der Waals surface area contributed by atoms with Gasteiger partial charge >= 0.3 is 0 Å². The quantitative estimate of drug-likeness (QED) is 0.936. The predicted octanol–water partition coefficient (Wildman–Crippen LogP) is 2.27. The lowest BCUT2D eigenvalue weighted by Crippen LogP contribution is -2.26. The first-order valence-electron chi connectivity index (χ1n) is 5.26. The number of phenolic OH excluding ortho intramolecular Hbond substituents is 1. The Morgan fingerprint density at radius 2 is 1.89 bits per heavy atom. The van der Waals surface area contributed by atoms with Crippen LogP contribution in [0.1, 0.15) is 5.56 Å². The maximum Gasteiger partial charge on any atom is 0.243 e. The summed E-state index contributed by atoms with van der Waals surface area (Å²) in [5.41, 5.74) is 0.963. The highest BCUT2D eigenvalue weighted by atomic mass is 32.2. The van der Waals surface area contributed by atoms with E-state index in [1.54, 1.807) is 7.05 Å². The van der Waals surface area contributed by atoms with E-state index in [4.69, 9.17) is 5.11 Å². The first-order valence-corrected chi connectivity index (χ1v) is 7.65. The summed E-state index contributed by atoms with van der Waals surface area (Å²) in [6.07, 6.45) is 0. The Morgan fingerprint density at radius 1 is 1.22 bits per heavy atom. The zero-order valence-corrected chi connectivity index (χ0v) is 11.4. The molecular formula is C12H13NO3S2. The van der Waals surface area contributed by atoms with Crippen LogP contribution in [0, 0.1) is 0 Å². The van der Waals surface area contributed by atoms with Crippen molar-refractivity contribution < 1.29 is 13.5 Å². The molecule has 0 saturated carbocycles. The highest BCUT2D eigenvalue weighted by Crippen LogP contribution is 2.19. The van der Waals surface area contributed by atoms with Gasteiger partial charge in [-0.1, -0.05) is 0 Å². The van der Waals surface area contributed by atoms with Crippen LogP contribution in [-0.4, -0.2) is 24.9 Å². The molecule has 1 heterocycles. The second-order valence-corrected chi connectivity index (χ2v) is 6.71. The lowest BCUT2D eigenvalue weighted by Gasteiger charge is -2.16. The zero-order valence-electron chi connectivity index (χ0n) is 9.78. The fourth-order valence-corrected chi connectivity index (χ4v) is 3.34. The lowest BCUT2D eigenvalue weighted by atomic mass is 10.3. The SMILES string of the molecule is CN(Cc1ccsc1)S(=O)(=O)c1ccc(O)cc1. The Bertz CT molecular complexity index is 603. The summed E-state index contributed by atoms with van der Waals surface area (Å²) < 4.78 is 25.7. The molecule has 0 unspecified atom stereocenters. The van der Waals surface area contributed by atoms with Crippen molar-refractivity contribution in [1.82, 2.24) is 4.31 Å². The van der Waals surface area contributed by atoms with E-state index in [-0.39, 0.29) is 10.6 Å². The fraction of sp³-hybridized carbons (Fsp3) is 0.167. The average molecular weight is 283 g/mol. The summed E-state index contributed by atoms with van der Waals surface area (Å²) in [6.45, 7) is 0.340. The van der Waals surface area contributed by atoms with Crippen molar-refractivity contribution in [2.45, 2.75) is 11.4 Å². The molecule has 18 heavy (non-hydrogen) atoms. The monoisotopic (exact) mass is 283 g/mol. The molecule has 0 aliphatic carbocycles. The number of aromatic hydroxyl groups is 1. The molecular weight excluding hydrogens is 270 g/mol. The number of nitrogens with zero attached hydrogens (tertiary/aromatic N) is 1. The van der Waals surface area contributed by atoms with Gasteiger partial charge < -0.3 is 5.11 Å². The molecule has 2 aromatic rings. The summed E-state index contributed by atoms with van der Waals surface area (Å²) in [6, 6.07) is 7.42. The zero-order chi connectivity index (χ0) is 13.2. The van der Waals surface area contributed by atoms with Crippen LogP contribution in [0.2, 0.25) is 0 Å². The van der Waals surface area contributed by atoms with Gasteiger partial charge in [0.15, 0.2) is 0 Å². The van der Waals surface area contributed by atoms with Crippen LogP contribution in [0.15, 0.2) is 46.0 Å². The highest BCUT2D eigenvalue weighted by molar-refractivity contribution is 7.89. The van der Waals surface area contributed by atoms with Crippen molar-refractivity contribution in [2.75, 3.05) is 7.05 Å². The van der Waals surface area contributed by atoms with Crippen molar-refractivity contribution >= 4 is 21.4 Å². The van der Waals surface area contributed by atoms with E-state index in [0.29, 0.717) is 6.54 Å². The van der Waals surface area contributed by atoms with Crippen molar-refractivity contribution in [3.8, 4) is 5.75 Å². The minimum atomic E-state index is -3.50. The molecule has 0 saturated heterocycles. The normalized spacial score (nSPS) is 11.9. The topological polar surface area (TPSA) is 57.6 Å². The summed E-state index contributed by atoms with van der Waals surface area (Å²) >= 11 is 1.54. The van der Waals surface area contributed by atoms with Crippen LogP contribution in [-0.2, 0) is 16.6 Å². The van der Waals surface area contributed by atoms with E-state index >= 15 is 0 Å². The Hall–Kier alpha value is -1.37.